The molecule has 0 aromatic rings. The third-order valence-electron chi connectivity index (χ3n) is 2.90. The largest absolute Gasteiger partial charge is 0.370 e. The van der Waals surface area contributed by atoms with Gasteiger partial charge in [-0.25, -0.2) is 0 Å². The predicted molar refractivity (Wildman–Crippen MR) is 67.4 cm³/mol. The van der Waals surface area contributed by atoms with Gasteiger partial charge in [0.1, 0.15) is 0 Å². The van der Waals surface area contributed by atoms with E-state index in [9.17, 15) is 9.59 Å². The maximum Gasteiger partial charge on any atom is 0.220 e. The maximum atomic E-state index is 11.2. The van der Waals surface area contributed by atoms with Crippen LogP contribution in [-0.4, -0.2) is 32.3 Å². The van der Waals surface area contributed by atoms with Crippen molar-refractivity contribution in [1.82, 2.24) is 0 Å². The van der Waals surface area contributed by atoms with E-state index >= 15 is 0 Å². The average Bonchev–Trinajstić information content (AvgIpc) is 2.31. The van der Waals surface area contributed by atoms with E-state index in [-0.39, 0.29) is 24.0 Å². The number of primary amides is 2. The number of carbonyl (C=O) groups is 2. The van der Waals surface area contributed by atoms with Gasteiger partial charge in [0.25, 0.3) is 0 Å². The fraction of sp³-hybridized carbons (Fsp3) is 0.833. The van der Waals surface area contributed by atoms with Gasteiger partial charge in [0.2, 0.25) is 11.8 Å². The van der Waals surface area contributed by atoms with Crippen molar-refractivity contribution in [2.45, 2.75) is 44.8 Å². The first-order chi connectivity index (χ1) is 8.51. The van der Waals surface area contributed by atoms with Crippen molar-refractivity contribution in [3.05, 3.63) is 0 Å². The highest BCUT2D eigenvalue weighted by atomic mass is 16.7. The molecule has 0 radical (unpaired) electrons. The van der Waals surface area contributed by atoms with Gasteiger partial charge in [-0.15, -0.1) is 0 Å². The van der Waals surface area contributed by atoms with Gasteiger partial charge in [0.05, 0.1) is 0 Å². The quantitative estimate of drug-likeness (QED) is 0.529. The zero-order valence-electron chi connectivity index (χ0n) is 11.2. The van der Waals surface area contributed by atoms with Gasteiger partial charge in [-0.2, -0.15) is 0 Å². The molecular weight excluding hydrogens is 236 g/mol. The minimum absolute atomic E-state index is 0.210. The second-order valence-electron chi connectivity index (χ2n) is 4.29. The second kappa shape index (κ2) is 9.85. The summed E-state index contributed by atoms with van der Waals surface area (Å²) in [6.07, 6.45) is 3.43. The van der Waals surface area contributed by atoms with Crippen LogP contribution in [0.5, 0.6) is 0 Å². The Morgan fingerprint density at radius 1 is 1.00 bits per heavy atom. The van der Waals surface area contributed by atoms with Gasteiger partial charge < -0.3 is 20.9 Å². The van der Waals surface area contributed by atoms with Crippen LogP contribution >= 0.6 is 0 Å². The third kappa shape index (κ3) is 8.03. The molecule has 0 bridgehead atoms. The molecule has 0 spiro atoms. The number of amides is 2. The molecule has 0 fully saturated rings. The Morgan fingerprint density at radius 2 is 1.56 bits per heavy atom. The number of ether oxygens (including phenoxy) is 2. The van der Waals surface area contributed by atoms with E-state index in [1.807, 2.05) is 0 Å². The first-order valence-electron chi connectivity index (χ1n) is 6.14. The van der Waals surface area contributed by atoms with E-state index in [1.54, 1.807) is 14.2 Å². The van der Waals surface area contributed by atoms with Gasteiger partial charge in [-0.3, -0.25) is 9.59 Å². The molecule has 0 rings (SSSR count). The maximum absolute atomic E-state index is 11.2. The Labute approximate surface area is 108 Å². The molecule has 0 saturated heterocycles. The number of methoxy groups -OCH3 is 2. The zero-order chi connectivity index (χ0) is 14.0. The van der Waals surface area contributed by atoms with Crippen molar-refractivity contribution in [2.75, 3.05) is 14.2 Å². The van der Waals surface area contributed by atoms with E-state index in [4.69, 9.17) is 20.9 Å². The van der Waals surface area contributed by atoms with E-state index in [0.717, 1.165) is 6.42 Å². The van der Waals surface area contributed by atoms with Gasteiger partial charge >= 0.3 is 0 Å². The SMILES string of the molecule is COC(CCCC(CCCC(N)=O)C(N)=O)OC. The molecule has 0 aromatic carbocycles. The lowest BCUT2D eigenvalue weighted by Crippen LogP contribution is -2.24. The van der Waals surface area contributed by atoms with Crippen LogP contribution in [0.1, 0.15) is 38.5 Å². The molecule has 18 heavy (non-hydrogen) atoms. The van der Waals surface area contributed by atoms with Crippen molar-refractivity contribution >= 4 is 11.8 Å². The topological polar surface area (TPSA) is 105 Å². The van der Waals surface area contributed by atoms with Gasteiger partial charge in [0.15, 0.2) is 6.29 Å². The summed E-state index contributed by atoms with van der Waals surface area (Å²) in [6.45, 7) is 0. The first kappa shape index (κ1) is 16.9. The van der Waals surface area contributed by atoms with Crippen LogP contribution in [0.4, 0.5) is 0 Å². The average molecular weight is 260 g/mol. The van der Waals surface area contributed by atoms with E-state index in [2.05, 4.69) is 0 Å². The van der Waals surface area contributed by atoms with Crippen molar-refractivity contribution in [2.24, 2.45) is 17.4 Å². The lowest BCUT2D eigenvalue weighted by atomic mass is 9.95. The number of carbonyl (C=O) groups excluding carboxylic acids is 2. The van der Waals surface area contributed by atoms with Gasteiger partial charge in [0, 0.05) is 26.6 Å². The van der Waals surface area contributed by atoms with Crippen LogP contribution in [0.25, 0.3) is 0 Å². The molecule has 0 aliphatic heterocycles. The summed E-state index contributed by atoms with van der Waals surface area (Å²) in [4.78, 5) is 21.8. The molecule has 1 atom stereocenters. The molecule has 1 unspecified atom stereocenters. The highest BCUT2D eigenvalue weighted by Crippen LogP contribution is 2.17. The van der Waals surface area contributed by atoms with E-state index < -0.39 is 0 Å². The first-order valence-corrected chi connectivity index (χ1v) is 6.14. The molecule has 4 N–H and O–H groups in total. The smallest absolute Gasteiger partial charge is 0.220 e. The van der Waals surface area contributed by atoms with Gasteiger partial charge in [-0.1, -0.05) is 0 Å². The molecule has 0 heterocycles. The molecule has 6 nitrogen and oxygen atoms in total. The van der Waals surface area contributed by atoms with Crippen LogP contribution in [0.15, 0.2) is 0 Å². The van der Waals surface area contributed by atoms with Crippen LogP contribution in [0.2, 0.25) is 0 Å². The van der Waals surface area contributed by atoms with Crippen LogP contribution in [-0.2, 0) is 19.1 Å². The van der Waals surface area contributed by atoms with Crippen LogP contribution in [0, 0.1) is 5.92 Å². The van der Waals surface area contributed by atoms with Crippen molar-refractivity contribution < 1.29 is 19.1 Å². The standard InChI is InChI=1S/C12H24N2O4/c1-17-11(18-2)8-4-6-9(12(14)16)5-3-7-10(13)15/h9,11H,3-8H2,1-2H3,(H2,13,15)(H2,14,16). The molecule has 0 aliphatic rings. The molecule has 106 valence electrons. The normalized spacial score (nSPS) is 12.6. The molecule has 6 heteroatoms. The summed E-state index contributed by atoms with van der Waals surface area (Å²) >= 11 is 0. The lowest BCUT2D eigenvalue weighted by molar-refractivity contribution is -0.124. The Bertz CT molecular complexity index is 254. The highest BCUT2D eigenvalue weighted by molar-refractivity contribution is 5.77. The lowest BCUT2D eigenvalue weighted by Gasteiger charge is -2.16. The van der Waals surface area contributed by atoms with E-state index in [1.165, 1.54) is 0 Å². The minimum Gasteiger partial charge on any atom is -0.370 e. The Balaban J connectivity index is 3.90. The fourth-order valence-corrected chi connectivity index (χ4v) is 1.81. The monoisotopic (exact) mass is 260 g/mol. The number of hydrogen-bond donors (Lipinski definition) is 2. The second-order valence-corrected chi connectivity index (χ2v) is 4.29. The van der Waals surface area contributed by atoms with Crippen LogP contribution in [0.3, 0.4) is 0 Å². The molecular formula is C12H24N2O4. The van der Waals surface area contributed by atoms with Crippen molar-refractivity contribution in [3.8, 4) is 0 Å². The molecule has 0 aliphatic carbocycles. The fourth-order valence-electron chi connectivity index (χ4n) is 1.81. The summed E-state index contributed by atoms with van der Waals surface area (Å²) in [7, 11) is 3.15. The highest BCUT2D eigenvalue weighted by Gasteiger charge is 2.16. The summed E-state index contributed by atoms with van der Waals surface area (Å²) in [5.41, 5.74) is 10.4. The van der Waals surface area contributed by atoms with Crippen LogP contribution < -0.4 is 11.5 Å². The summed E-state index contributed by atoms with van der Waals surface area (Å²) in [5, 5.41) is 0. The zero-order valence-corrected chi connectivity index (χ0v) is 11.2. The number of rotatable bonds is 11. The van der Waals surface area contributed by atoms with Crippen molar-refractivity contribution in [3.63, 3.8) is 0 Å². The molecule has 0 saturated carbocycles. The number of hydrogen-bond acceptors (Lipinski definition) is 4. The Morgan fingerprint density at radius 3 is 2.00 bits per heavy atom. The Kier molecular flexibility index (Phi) is 9.22. The molecule has 2 amide bonds. The third-order valence-corrected chi connectivity index (χ3v) is 2.90. The summed E-state index contributed by atoms with van der Waals surface area (Å²) < 4.78 is 10.1. The van der Waals surface area contributed by atoms with Crippen molar-refractivity contribution in [1.29, 1.82) is 0 Å². The van der Waals surface area contributed by atoms with Gasteiger partial charge in [-0.05, 0) is 32.1 Å². The number of nitrogens with two attached hydrogens (primary N) is 2. The summed E-state index contributed by atoms with van der Waals surface area (Å²) in [6, 6.07) is 0. The summed E-state index contributed by atoms with van der Waals surface area (Å²) in [5.74, 6) is -0.887. The molecule has 0 aromatic heterocycles. The predicted octanol–water partition coefficient (Wildman–Crippen LogP) is 0.533. The minimum atomic E-state index is -0.350. The Hall–Kier alpha value is -1.14. The van der Waals surface area contributed by atoms with E-state index in [0.29, 0.717) is 32.1 Å².